The Labute approximate surface area is 485 Å². The predicted octanol–water partition coefficient (Wildman–Crippen LogP) is 16.6. The molecule has 0 aromatic heterocycles. The minimum atomic E-state index is -1.57. The minimum absolute atomic E-state index is 0.00136. The third-order valence-electron chi connectivity index (χ3n) is 16.0. The third kappa shape index (κ3) is 47.0. The van der Waals surface area contributed by atoms with Gasteiger partial charge in [-0.05, 0) is 83.5 Å². The molecule has 11 nitrogen and oxygen atoms in total. The minimum Gasteiger partial charge on any atom is -0.466 e. The number of unbranched alkanes of at least 4 members (excludes halogenated alkanes) is 41. The molecule has 464 valence electrons. The Morgan fingerprint density at radius 3 is 1.24 bits per heavy atom. The van der Waals surface area contributed by atoms with Crippen molar-refractivity contribution in [2.45, 2.75) is 365 Å². The van der Waals surface area contributed by atoms with Crippen LogP contribution in [-0.2, 0) is 23.8 Å². The van der Waals surface area contributed by atoms with Gasteiger partial charge in [0.15, 0.2) is 6.29 Å². The van der Waals surface area contributed by atoms with Crippen molar-refractivity contribution in [2.24, 2.45) is 0 Å². The molecule has 0 radical (unpaired) electrons. The standard InChI is InChI=1S/C68H127NO10/c1-3-5-7-9-11-13-14-36-40-44-48-52-56-64(73)77-57-53-49-45-41-37-34-32-30-28-26-24-22-20-18-16-15-17-19-21-23-25-27-29-31-33-35-39-43-47-51-55-63(72)69-60(61(71)54-50-46-42-38-12-10-8-6-4-2)59-78-68-67(76)66(75)65(74)62(58-70)79-68/h11,13,16,18,50,54,60-62,65-68,70-71,74-76H,3-10,12,14-15,17,19-49,51-53,55-59H2,1-2H3,(H,69,72)/b13-11-,18-16-,54-50+. The summed E-state index contributed by atoms with van der Waals surface area (Å²) in [4.78, 5) is 25.0. The second-order valence-corrected chi connectivity index (χ2v) is 23.5. The maximum absolute atomic E-state index is 13.0. The molecule has 1 fully saturated rings. The average Bonchev–Trinajstić information content (AvgIpc) is 3.48. The first kappa shape index (κ1) is 74.9. The fraction of sp³-hybridized carbons (Fsp3) is 0.882. The first-order valence-electron chi connectivity index (χ1n) is 33.8. The molecule has 79 heavy (non-hydrogen) atoms. The van der Waals surface area contributed by atoms with Crippen LogP contribution >= 0.6 is 0 Å². The van der Waals surface area contributed by atoms with E-state index >= 15 is 0 Å². The number of aliphatic hydroxyl groups excluding tert-OH is 5. The van der Waals surface area contributed by atoms with E-state index in [0.29, 0.717) is 19.4 Å². The highest BCUT2D eigenvalue weighted by Crippen LogP contribution is 2.23. The van der Waals surface area contributed by atoms with Crippen LogP contribution in [0.25, 0.3) is 0 Å². The van der Waals surface area contributed by atoms with Crippen molar-refractivity contribution in [2.75, 3.05) is 19.8 Å². The van der Waals surface area contributed by atoms with Gasteiger partial charge in [0.1, 0.15) is 24.4 Å². The number of hydrogen-bond acceptors (Lipinski definition) is 10. The Bertz CT molecular complexity index is 1410. The van der Waals surface area contributed by atoms with Gasteiger partial charge < -0.3 is 45.1 Å². The molecule has 0 aliphatic carbocycles. The largest absolute Gasteiger partial charge is 0.466 e. The highest BCUT2D eigenvalue weighted by atomic mass is 16.7. The topological polar surface area (TPSA) is 175 Å². The van der Waals surface area contributed by atoms with Gasteiger partial charge in [0.25, 0.3) is 0 Å². The Kier molecular flexibility index (Phi) is 54.7. The fourth-order valence-corrected chi connectivity index (χ4v) is 10.6. The molecule has 1 aliphatic rings. The molecule has 11 heteroatoms. The maximum Gasteiger partial charge on any atom is 0.305 e. The summed E-state index contributed by atoms with van der Waals surface area (Å²) in [5, 5.41) is 54.3. The van der Waals surface area contributed by atoms with E-state index in [0.717, 1.165) is 57.8 Å². The number of ether oxygens (including phenoxy) is 3. The van der Waals surface area contributed by atoms with Gasteiger partial charge in [-0.25, -0.2) is 0 Å². The monoisotopic (exact) mass is 1120 g/mol. The van der Waals surface area contributed by atoms with Gasteiger partial charge in [-0.2, -0.15) is 0 Å². The van der Waals surface area contributed by atoms with Gasteiger partial charge >= 0.3 is 5.97 Å². The molecule has 1 rings (SSSR count). The molecule has 0 aromatic carbocycles. The summed E-state index contributed by atoms with van der Waals surface area (Å²) in [6, 6.07) is -0.807. The number of allylic oxidation sites excluding steroid dienone is 5. The fourth-order valence-electron chi connectivity index (χ4n) is 10.6. The van der Waals surface area contributed by atoms with Gasteiger partial charge in [-0.1, -0.05) is 262 Å². The predicted molar refractivity (Wildman–Crippen MR) is 329 cm³/mol. The molecule has 1 saturated heterocycles. The Hall–Kier alpha value is -2.12. The molecule has 6 N–H and O–H groups in total. The Morgan fingerprint density at radius 2 is 0.810 bits per heavy atom. The maximum atomic E-state index is 13.0. The van der Waals surface area contributed by atoms with Crippen LogP contribution in [0.1, 0.15) is 322 Å². The number of aliphatic hydroxyl groups is 5. The first-order valence-corrected chi connectivity index (χ1v) is 33.8. The summed E-state index contributed by atoms with van der Waals surface area (Å²) in [6.07, 6.45) is 62.9. The molecular weight excluding hydrogens is 991 g/mol. The third-order valence-corrected chi connectivity index (χ3v) is 16.0. The lowest BCUT2D eigenvalue weighted by atomic mass is 9.99. The summed E-state index contributed by atoms with van der Waals surface area (Å²) < 4.78 is 16.7. The molecular formula is C68H127NO10. The van der Waals surface area contributed by atoms with Crippen LogP contribution in [0, 0.1) is 0 Å². The molecule has 0 aromatic rings. The quantitative estimate of drug-likeness (QED) is 0.0195. The van der Waals surface area contributed by atoms with Crippen molar-refractivity contribution in [3.05, 3.63) is 36.5 Å². The number of esters is 1. The van der Waals surface area contributed by atoms with E-state index in [1.165, 1.54) is 238 Å². The molecule has 1 heterocycles. The van der Waals surface area contributed by atoms with Crippen molar-refractivity contribution in [3.8, 4) is 0 Å². The second-order valence-electron chi connectivity index (χ2n) is 23.5. The molecule has 0 spiro atoms. The van der Waals surface area contributed by atoms with Crippen LogP contribution < -0.4 is 5.32 Å². The van der Waals surface area contributed by atoms with E-state index in [2.05, 4.69) is 43.5 Å². The summed E-state index contributed by atoms with van der Waals surface area (Å²) >= 11 is 0. The van der Waals surface area contributed by atoms with Crippen molar-refractivity contribution in [3.63, 3.8) is 0 Å². The number of amides is 1. The van der Waals surface area contributed by atoms with Gasteiger partial charge in [-0.3, -0.25) is 9.59 Å². The zero-order valence-corrected chi connectivity index (χ0v) is 51.3. The van der Waals surface area contributed by atoms with E-state index < -0.39 is 49.5 Å². The van der Waals surface area contributed by atoms with Crippen LogP contribution in [-0.4, -0.2) is 100 Å². The van der Waals surface area contributed by atoms with Gasteiger partial charge in [0, 0.05) is 12.8 Å². The van der Waals surface area contributed by atoms with Gasteiger partial charge in [-0.15, -0.1) is 0 Å². The molecule has 7 atom stereocenters. The van der Waals surface area contributed by atoms with Crippen molar-refractivity contribution < 1.29 is 49.3 Å². The zero-order valence-electron chi connectivity index (χ0n) is 51.3. The van der Waals surface area contributed by atoms with E-state index in [4.69, 9.17) is 14.2 Å². The molecule has 0 saturated carbocycles. The van der Waals surface area contributed by atoms with Crippen LogP contribution in [0.15, 0.2) is 36.5 Å². The van der Waals surface area contributed by atoms with Gasteiger partial charge in [0.05, 0.1) is 32.0 Å². The van der Waals surface area contributed by atoms with Crippen LogP contribution in [0.5, 0.6) is 0 Å². The summed E-state index contributed by atoms with van der Waals surface area (Å²) in [5.41, 5.74) is 0. The molecule has 1 amide bonds. The van der Waals surface area contributed by atoms with Crippen LogP contribution in [0.3, 0.4) is 0 Å². The SMILES string of the molecule is CCCCC/C=C\CCCCCCCC(=O)OCCCCCCCCCCCCCC/C=C\CCCCCCCCCCCCCCCCC(=O)NC(COC1OC(CO)C(O)C(O)C1O)C(O)/C=C/CCCCCCCCC. The van der Waals surface area contributed by atoms with Crippen LogP contribution in [0.2, 0.25) is 0 Å². The first-order chi connectivity index (χ1) is 38.7. The average molecular weight is 1120 g/mol. The van der Waals surface area contributed by atoms with Crippen molar-refractivity contribution >= 4 is 11.9 Å². The number of rotatable bonds is 59. The Morgan fingerprint density at radius 1 is 0.456 bits per heavy atom. The lowest BCUT2D eigenvalue weighted by molar-refractivity contribution is -0.302. The number of carbonyl (C=O) groups excluding carboxylic acids is 2. The Balaban J connectivity index is 1.93. The summed E-state index contributed by atoms with van der Waals surface area (Å²) in [5.74, 6) is -0.183. The highest BCUT2D eigenvalue weighted by Gasteiger charge is 2.44. The van der Waals surface area contributed by atoms with Gasteiger partial charge in [0.2, 0.25) is 5.91 Å². The molecule has 1 aliphatic heterocycles. The smallest absolute Gasteiger partial charge is 0.305 e. The number of nitrogens with one attached hydrogen (secondary N) is 1. The van der Waals surface area contributed by atoms with Crippen LogP contribution in [0.4, 0.5) is 0 Å². The highest BCUT2D eigenvalue weighted by molar-refractivity contribution is 5.76. The van der Waals surface area contributed by atoms with E-state index in [1.54, 1.807) is 6.08 Å². The summed E-state index contributed by atoms with van der Waals surface area (Å²) in [6.45, 7) is 4.31. The second kappa shape index (κ2) is 57.7. The summed E-state index contributed by atoms with van der Waals surface area (Å²) in [7, 11) is 0. The lowest BCUT2D eigenvalue weighted by Crippen LogP contribution is -2.60. The van der Waals surface area contributed by atoms with E-state index in [9.17, 15) is 35.1 Å². The van der Waals surface area contributed by atoms with Crippen molar-refractivity contribution in [1.82, 2.24) is 5.32 Å². The van der Waals surface area contributed by atoms with E-state index in [1.807, 2.05) is 6.08 Å². The molecule has 0 bridgehead atoms. The lowest BCUT2D eigenvalue weighted by Gasteiger charge is -2.40. The number of carbonyl (C=O) groups is 2. The van der Waals surface area contributed by atoms with E-state index in [-0.39, 0.29) is 18.5 Å². The number of hydrogen-bond donors (Lipinski definition) is 6. The molecule has 7 unspecified atom stereocenters. The van der Waals surface area contributed by atoms with Crippen molar-refractivity contribution in [1.29, 1.82) is 0 Å². The zero-order chi connectivity index (χ0) is 57.3. The normalized spacial score (nSPS) is 18.6.